The first-order valence-electron chi connectivity index (χ1n) is 5.20. The monoisotopic (exact) mass is 285 g/mol. The van der Waals surface area contributed by atoms with Crippen LogP contribution in [0.4, 0.5) is 4.39 Å². The highest BCUT2D eigenvalue weighted by Gasteiger charge is 2.09. The summed E-state index contributed by atoms with van der Waals surface area (Å²) >= 11 is 3.23. The highest BCUT2D eigenvalue weighted by molar-refractivity contribution is 9.10. The Bertz CT molecular complexity index is 389. The summed E-state index contributed by atoms with van der Waals surface area (Å²) in [6.07, 6.45) is 3.72. The van der Waals surface area contributed by atoms with Gasteiger partial charge in [-0.05, 0) is 12.1 Å². The van der Waals surface area contributed by atoms with E-state index in [0.29, 0.717) is 12.2 Å². The Labute approximate surface area is 103 Å². The number of hydrogen-bond donors (Lipinski definition) is 1. The molecule has 0 aliphatic carbocycles. The summed E-state index contributed by atoms with van der Waals surface area (Å²) in [7, 11) is 0. The van der Waals surface area contributed by atoms with Crippen LogP contribution in [0.1, 0.15) is 5.56 Å². The van der Waals surface area contributed by atoms with Crippen LogP contribution in [0.3, 0.4) is 0 Å². The predicted octanol–water partition coefficient (Wildman–Crippen LogP) is 2.59. The fraction of sp³-hybridized carbons (Fsp3) is 0.333. The summed E-state index contributed by atoms with van der Waals surface area (Å²) < 4.78 is 19.5. The molecule has 16 heavy (non-hydrogen) atoms. The van der Waals surface area contributed by atoms with Crippen LogP contribution in [0, 0.1) is 5.82 Å². The van der Waals surface area contributed by atoms with Crippen molar-refractivity contribution in [2.24, 2.45) is 0 Å². The van der Waals surface area contributed by atoms with Gasteiger partial charge >= 0.3 is 0 Å². The maximum Gasteiger partial charge on any atom is 0.131 e. The zero-order valence-corrected chi connectivity index (χ0v) is 10.3. The molecule has 86 valence electrons. The van der Waals surface area contributed by atoms with Gasteiger partial charge in [0.2, 0.25) is 0 Å². The van der Waals surface area contributed by atoms with Gasteiger partial charge in [0, 0.05) is 22.6 Å². The zero-order chi connectivity index (χ0) is 11.4. The van der Waals surface area contributed by atoms with Crippen LogP contribution in [0.15, 0.2) is 28.7 Å². The minimum Gasteiger partial charge on any atom is -0.378 e. The maximum atomic E-state index is 13.5. The summed E-state index contributed by atoms with van der Waals surface area (Å²) in [6.45, 7) is 2.24. The summed E-state index contributed by atoms with van der Waals surface area (Å²) in [5.41, 5.74) is 0.593. The van der Waals surface area contributed by atoms with Gasteiger partial charge in [-0.2, -0.15) is 0 Å². The number of nitrogens with one attached hydrogen (secondary N) is 1. The largest absolute Gasteiger partial charge is 0.378 e. The third-order valence-corrected chi connectivity index (χ3v) is 2.91. The second-order valence-corrected chi connectivity index (χ2v) is 4.58. The molecule has 0 bridgehead atoms. The molecule has 0 amide bonds. The number of hydrogen-bond acceptors (Lipinski definition) is 2. The molecule has 0 spiro atoms. The molecule has 0 aromatic heterocycles. The molecule has 1 fully saturated rings. The first-order valence-corrected chi connectivity index (χ1v) is 5.99. The summed E-state index contributed by atoms with van der Waals surface area (Å²) in [4.78, 5) is 0. The van der Waals surface area contributed by atoms with Crippen molar-refractivity contribution in [2.45, 2.75) is 6.04 Å². The van der Waals surface area contributed by atoms with E-state index in [0.717, 1.165) is 17.6 Å². The van der Waals surface area contributed by atoms with Crippen molar-refractivity contribution >= 4 is 22.0 Å². The van der Waals surface area contributed by atoms with Crippen molar-refractivity contribution in [3.63, 3.8) is 0 Å². The summed E-state index contributed by atoms with van der Waals surface area (Å²) in [5, 5.41) is 3.28. The molecule has 1 unspecified atom stereocenters. The third kappa shape index (κ3) is 3.14. The molecule has 1 aliphatic heterocycles. The third-order valence-electron chi connectivity index (χ3n) is 2.42. The molecule has 1 atom stereocenters. The van der Waals surface area contributed by atoms with Gasteiger partial charge in [0.05, 0.1) is 13.2 Å². The van der Waals surface area contributed by atoms with Crippen molar-refractivity contribution in [2.75, 3.05) is 19.8 Å². The molecule has 1 aliphatic rings. The minimum atomic E-state index is -0.220. The number of ether oxygens (including phenoxy) is 1. The van der Waals surface area contributed by atoms with Crippen molar-refractivity contribution in [3.8, 4) is 0 Å². The topological polar surface area (TPSA) is 21.3 Å². The first-order chi connectivity index (χ1) is 7.75. The van der Waals surface area contributed by atoms with E-state index in [-0.39, 0.29) is 11.9 Å². The van der Waals surface area contributed by atoms with E-state index in [1.165, 1.54) is 6.07 Å². The van der Waals surface area contributed by atoms with E-state index in [4.69, 9.17) is 4.74 Å². The van der Waals surface area contributed by atoms with E-state index in [1.54, 1.807) is 12.1 Å². The second-order valence-electron chi connectivity index (χ2n) is 3.66. The Morgan fingerprint density at radius 2 is 2.38 bits per heavy atom. The van der Waals surface area contributed by atoms with E-state index in [1.807, 2.05) is 12.1 Å². The lowest BCUT2D eigenvalue weighted by molar-refractivity contribution is 0.0903. The van der Waals surface area contributed by atoms with Gasteiger partial charge in [-0.15, -0.1) is 0 Å². The standard InChI is InChI=1S/C12H13BrFNO/c13-10-3-1-9(12(14)7-10)2-4-11-8-16-6-5-15-11/h1-4,7,11,15H,5-6,8H2/b4-2+. The quantitative estimate of drug-likeness (QED) is 0.902. The van der Waals surface area contributed by atoms with Gasteiger partial charge in [-0.3, -0.25) is 0 Å². The molecular formula is C12H13BrFNO. The number of halogens is 2. The van der Waals surface area contributed by atoms with E-state index in [2.05, 4.69) is 21.2 Å². The molecular weight excluding hydrogens is 273 g/mol. The molecule has 1 aromatic rings. The summed E-state index contributed by atoms with van der Waals surface area (Å²) in [6, 6.07) is 5.22. The van der Waals surface area contributed by atoms with Crippen LogP contribution >= 0.6 is 15.9 Å². The number of benzene rings is 1. The fourth-order valence-corrected chi connectivity index (χ4v) is 1.90. The smallest absolute Gasteiger partial charge is 0.131 e. The Kier molecular flexibility index (Phi) is 4.09. The van der Waals surface area contributed by atoms with Crippen molar-refractivity contribution in [1.82, 2.24) is 5.32 Å². The lowest BCUT2D eigenvalue weighted by Gasteiger charge is -2.20. The van der Waals surface area contributed by atoms with Crippen LogP contribution in [-0.2, 0) is 4.74 Å². The average Bonchev–Trinajstić information content (AvgIpc) is 2.29. The molecule has 0 saturated carbocycles. The highest BCUT2D eigenvalue weighted by atomic mass is 79.9. The number of rotatable bonds is 2. The SMILES string of the molecule is Fc1cc(Br)ccc1/C=C/C1COCCN1. The van der Waals surface area contributed by atoms with Crippen LogP contribution in [-0.4, -0.2) is 25.8 Å². The van der Waals surface area contributed by atoms with E-state index in [9.17, 15) is 4.39 Å². The van der Waals surface area contributed by atoms with Crippen LogP contribution in [0.25, 0.3) is 6.08 Å². The van der Waals surface area contributed by atoms with Gasteiger partial charge in [-0.25, -0.2) is 4.39 Å². The molecule has 4 heteroatoms. The molecule has 1 N–H and O–H groups in total. The number of morpholine rings is 1. The van der Waals surface area contributed by atoms with E-state index >= 15 is 0 Å². The molecule has 1 heterocycles. The Morgan fingerprint density at radius 3 is 3.06 bits per heavy atom. The Balaban J connectivity index is 2.04. The maximum absolute atomic E-state index is 13.5. The van der Waals surface area contributed by atoms with Crippen molar-refractivity contribution < 1.29 is 9.13 Å². The predicted molar refractivity (Wildman–Crippen MR) is 65.7 cm³/mol. The highest BCUT2D eigenvalue weighted by Crippen LogP contribution is 2.16. The van der Waals surface area contributed by atoms with Gasteiger partial charge in [0.15, 0.2) is 0 Å². The normalized spacial score (nSPS) is 21.5. The first kappa shape index (κ1) is 11.8. The van der Waals surface area contributed by atoms with Crippen molar-refractivity contribution in [1.29, 1.82) is 0 Å². The zero-order valence-electron chi connectivity index (χ0n) is 8.75. The Morgan fingerprint density at radius 1 is 1.50 bits per heavy atom. The summed E-state index contributed by atoms with van der Waals surface area (Å²) in [5.74, 6) is -0.220. The van der Waals surface area contributed by atoms with E-state index < -0.39 is 0 Å². The molecule has 0 radical (unpaired) electrons. The lowest BCUT2D eigenvalue weighted by atomic mass is 10.1. The Hall–Kier alpha value is -0.710. The van der Waals surface area contributed by atoms with Crippen LogP contribution in [0.2, 0.25) is 0 Å². The average molecular weight is 286 g/mol. The molecule has 2 nitrogen and oxygen atoms in total. The van der Waals surface area contributed by atoms with Gasteiger partial charge < -0.3 is 10.1 Å². The van der Waals surface area contributed by atoms with Crippen LogP contribution in [0.5, 0.6) is 0 Å². The second kappa shape index (κ2) is 5.57. The van der Waals surface area contributed by atoms with Gasteiger partial charge in [-0.1, -0.05) is 34.1 Å². The van der Waals surface area contributed by atoms with Gasteiger partial charge in [0.25, 0.3) is 0 Å². The lowest BCUT2D eigenvalue weighted by Crippen LogP contribution is -2.39. The molecule has 2 rings (SSSR count). The van der Waals surface area contributed by atoms with Gasteiger partial charge in [0.1, 0.15) is 5.82 Å². The fourth-order valence-electron chi connectivity index (χ4n) is 1.57. The molecule has 1 aromatic carbocycles. The minimum absolute atomic E-state index is 0.178. The van der Waals surface area contributed by atoms with Crippen LogP contribution < -0.4 is 5.32 Å². The molecule has 1 saturated heterocycles. The van der Waals surface area contributed by atoms with Crippen molar-refractivity contribution in [3.05, 3.63) is 40.1 Å².